The molecule has 1 saturated heterocycles. The molecule has 2 N–H and O–H groups in total. The Bertz CT molecular complexity index is 1880. The minimum atomic E-state index is -4.62. The van der Waals surface area contributed by atoms with Crippen LogP contribution >= 0.6 is 0 Å². The Morgan fingerprint density at radius 3 is 2.60 bits per heavy atom. The molecule has 3 amide bonds. The predicted octanol–water partition coefficient (Wildman–Crippen LogP) is 4.87. The number of ether oxygens (including phenoxy) is 3. The molecule has 2 aliphatic heterocycles. The van der Waals surface area contributed by atoms with Crippen LogP contribution in [0.15, 0.2) is 30.4 Å². The van der Waals surface area contributed by atoms with E-state index in [4.69, 9.17) is 14.2 Å². The van der Waals surface area contributed by atoms with Crippen molar-refractivity contribution in [3.8, 4) is 17.4 Å². The number of pyridine rings is 1. The number of aromatic nitrogens is 1. The second kappa shape index (κ2) is 14.0. The van der Waals surface area contributed by atoms with Gasteiger partial charge in [-0.05, 0) is 64.5 Å². The number of carbonyl (C=O) groups is 3. The van der Waals surface area contributed by atoms with Crippen LogP contribution in [0, 0.1) is 18.8 Å². The third-order valence-corrected chi connectivity index (χ3v) is 12.9. The summed E-state index contributed by atoms with van der Waals surface area (Å²) in [4.78, 5) is 47.6. The van der Waals surface area contributed by atoms with Crippen LogP contribution in [-0.4, -0.2) is 84.9 Å². The number of hydrogen-bond acceptors (Lipinski definition) is 9. The number of hydrogen-bond donors (Lipinski definition) is 2. The summed E-state index contributed by atoms with van der Waals surface area (Å²) in [7, 11) is -2.54. The average molecular weight is 751 g/mol. The maximum absolute atomic E-state index is 14.2. The van der Waals surface area contributed by atoms with Crippen molar-refractivity contribution in [1.29, 1.82) is 0 Å². The molecular weight excluding hydrogens is 705 g/mol. The summed E-state index contributed by atoms with van der Waals surface area (Å²) in [5.41, 5.74) is -0.687. The zero-order valence-corrected chi connectivity index (χ0v) is 30.5. The molecule has 2 aliphatic carbocycles. The first-order valence-corrected chi connectivity index (χ1v) is 19.2. The molecule has 2 saturated carbocycles. The zero-order valence-electron chi connectivity index (χ0n) is 29.7. The molecule has 16 heteroatoms. The van der Waals surface area contributed by atoms with Crippen LogP contribution in [0.2, 0.25) is 0 Å². The standard InChI is InChI=1S/C36H45F3N4O8S/c1-21-10-8-6-5-7-9-11-23-18-35(23,33(46)42-52(47,48)34(3)14-15-34)41-31(44)26-16-24(19-43(26)32(21)45)51-28-17-29(50-20-36(37,38)39)40-30-22(2)27(49-4)13-12-25(28)30/h9,11-13,17,21,23-24,26H,5-8,10,14-16,18-20H2,1-4H3,(H,41,44)(H,42,46)/b11-9-/t21-,23+,24+,26-,35+/m0/s1. The summed E-state index contributed by atoms with van der Waals surface area (Å²) in [6.07, 6.45) is 3.31. The highest BCUT2D eigenvalue weighted by molar-refractivity contribution is 7.91. The maximum Gasteiger partial charge on any atom is 0.422 e. The molecule has 0 radical (unpaired) electrons. The molecular formula is C36H45F3N4O8S. The number of halogens is 3. The van der Waals surface area contributed by atoms with Gasteiger partial charge in [0.1, 0.15) is 29.2 Å². The number of sulfonamides is 1. The number of fused-ring (bicyclic) bond motifs is 3. The van der Waals surface area contributed by atoms with Crippen molar-refractivity contribution in [3.05, 3.63) is 35.9 Å². The number of benzene rings is 1. The molecule has 0 bridgehead atoms. The summed E-state index contributed by atoms with van der Waals surface area (Å²) < 4.78 is 83.4. The molecule has 6 rings (SSSR count). The van der Waals surface area contributed by atoms with Gasteiger partial charge in [-0.1, -0.05) is 31.9 Å². The second-order valence-electron chi connectivity index (χ2n) is 14.8. The summed E-state index contributed by atoms with van der Waals surface area (Å²) in [6.45, 7) is 3.47. The first-order chi connectivity index (χ1) is 24.5. The van der Waals surface area contributed by atoms with Crippen LogP contribution in [0.25, 0.3) is 10.9 Å². The lowest BCUT2D eigenvalue weighted by Gasteiger charge is -2.28. The molecule has 52 heavy (non-hydrogen) atoms. The summed E-state index contributed by atoms with van der Waals surface area (Å²) in [5, 5.41) is 3.30. The Kier molecular flexibility index (Phi) is 10.2. The van der Waals surface area contributed by atoms with Crippen molar-refractivity contribution >= 4 is 38.6 Å². The lowest BCUT2D eigenvalue weighted by Crippen LogP contribution is -2.57. The SMILES string of the molecule is COc1ccc2c(O[C@@H]3C[C@H]4C(=O)N[C@]5(C(=O)NS(=O)(=O)C6(C)CC6)C[C@H]5/C=C\CCCCC[C@H](C)C(=O)N4C3)cc(OCC(F)(F)F)nc2c1C. The average Bonchev–Trinajstić information content (AvgIpc) is 3.96. The van der Waals surface area contributed by atoms with E-state index in [-0.39, 0.29) is 36.9 Å². The van der Waals surface area contributed by atoms with E-state index in [1.54, 1.807) is 32.9 Å². The quantitative estimate of drug-likeness (QED) is 0.360. The van der Waals surface area contributed by atoms with Gasteiger partial charge >= 0.3 is 6.18 Å². The van der Waals surface area contributed by atoms with E-state index in [0.29, 0.717) is 41.5 Å². The molecule has 12 nitrogen and oxygen atoms in total. The number of amides is 3. The Hall–Kier alpha value is -4.08. The summed E-state index contributed by atoms with van der Waals surface area (Å²) in [5.74, 6) is -2.33. The van der Waals surface area contributed by atoms with Crippen LogP contribution in [0.4, 0.5) is 13.2 Å². The molecule has 0 unspecified atom stereocenters. The number of nitrogens with zero attached hydrogens (tertiary/aromatic N) is 2. The van der Waals surface area contributed by atoms with E-state index in [9.17, 15) is 36.0 Å². The van der Waals surface area contributed by atoms with Gasteiger partial charge in [-0.3, -0.25) is 19.1 Å². The van der Waals surface area contributed by atoms with E-state index in [0.717, 1.165) is 25.7 Å². The van der Waals surface area contributed by atoms with Crippen LogP contribution in [-0.2, 0) is 24.4 Å². The van der Waals surface area contributed by atoms with Gasteiger partial charge in [0.2, 0.25) is 27.7 Å². The van der Waals surface area contributed by atoms with Gasteiger partial charge in [-0.25, -0.2) is 13.4 Å². The fraction of sp³-hybridized carbons (Fsp3) is 0.611. The fourth-order valence-corrected chi connectivity index (χ4v) is 8.39. The van der Waals surface area contributed by atoms with E-state index in [2.05, 4.69) is 15.0 Å². The van der Waals surface area contributed by atoms with E-state index in [1.165, 1.54) is 18.1 Å². The van der Waals surface area contributed by atoms with Crippen LogP contribution in [0.3, 0.4) is 0 Å². The Labute approximate surface area is 300 Å². The number of allylic oxidation sites excluding steroid dienone is 1. The van der Waals surface area contributed by atoms with Crippen molar-refractivity contribution in [2.45, 2.75) is 107 Å². The number of rotatable bonds is 8. The topological polar surface area (TPSA) is 153 Å². The summed E-state index contributed by atoms with van der Waals surface area (Å²) >= 11 is 0. The van der Waals surface area contributed by atoms with Crippen molar-refractivity contribution in [3.63, 3.8) is 0 Å². The van der Waals surface area contributed by atoms with Crippen LogP contribution < -0.4 is 24.2 Å². The number of alkyl halides is 3. The van der Waals surface area contributed by atoms with Crippen LogP contribution in [0.1, 0.15) is 77.2 Å². The summed E-state index contributed by atoms with van der Waals surface area (Å²) in [6, 6.07) is 3.51. The van der Waals surface area contributed by atoms with Gasteiger partial charge in [-0.2, -0.15) is 13.2 Å². The number of methoxy groups -OCH3 is 1. The zero-order chi connectivity index (χ0) is 37.6. The molecule has 2 aromatic rings. The third-order valence-electron chi connectivity index (χ3n) is 10.8. The number of carbonyl (C=O) groups excluding carboxylic acids is 3. The second-order valence-corrected chi connectivity index (χ2v) is 17.0. The number of aryl methyl sites for hydroxylation is 1. The lowest BCUT2D eigenvalue weighted by atomic mass is 10.0. The van der Waals surface area contributed by atoms with Crippen molar-refractivity contribution in [2.24, 2.45) is 11.8 Å². The van der Waals surface area contributed by atoms with Gasteiger partial charge < -0.3 is 24.4 Å². The number of nitrogens with one attached hydrogen (secondary N) is 2. The van der Waals surface area contributed by atoms with Crippen molar-refractivity contribution in [1.82, 2.24) is 19.9 Å². The largest absolute Gasteiger partial charge is 0.496 e. The minimum absolute atomic E-state index is 0.00341. The van der Waals surface area contributed by atoms with Gasteiger partial charge in [0, 0.05) is 35.3 Å². The predicted molar refractivity (Wildman–Crippen MR) is 184 cm³/mol. The van der Waals surface area contributed by atoms with Crippen molar-refractivity contribution in [2.75, 3.05) is 20.3 Å². The Balaban J connectivity index is 1.31. The van der Waals surface area contributed by atoms with E-state index < -0.39 is 68.9 Å². The highest BCUT2D eigenvalue weighted by Crippen LogP contribution is 2.47. The molecule has 3 fully saturated rings. The molecule has 1 aromatic carbocycles. The van der Waals surface area contributed by atoms with Gasteiger partial charge in [-0.15, -0.1) is 0 Å². The molecule has 5 atom stereocenters. The lowest BCUT2D eigenvalue weighted by molar-refractivity contribution is -0.154. The first-order valence-electron chi connectivity index (χ1n) is 17.7. The highest BCUT2D eigenvalue weighted by atomic mass is 32.2. The Morgan fingerprint density at radius 1 is 1.15 bits per heavy atom. The van der Waals surface area contributed by atoms with Gasteiger partial charge in [0.15, 0.2) is 6.61 Å². The molecule has 284 valence electrons. The van der Waals surface area contributed by atoms with E-state index in [1.807, 2.05) is 12.2 Å². The fourth-order valence-electron chi connectivity index (χ4n) is 7.08. The van der Waals surface area contributed by atoms with Crippen LogP contribution in [0.5, 0.6) is 17.4 Å². The normalized spacial score (nSPS) is 28.4. The third kappa shape index (κ3) is 7.67. The molecule has 0 spiro atoms. The smallest absolute Gasteiger partial charge is 0.422 e. The minimum Gasteiger partial charge on any atom is -0.496 e. The maximum atomic E-state index is 14.2. The van der Waals surface area contributed by atoms with Gasteiger partial charge in [0.05, 0.1) is 23.9 Å². The molecule has 4 aliphatic rings. The molecule has 3 heterocycles. The van der Waals surface area contributed by atoms with Crippen molar-refractivity contribution < 1.29 is 50.2 Å². The first kappa shape index (κ1) is 37.7. The van der Waals surface area contributed by atoms with Gasteiger partial charge in [0.25, 0.3) is 5.91 Å². The highest BCUT2D eigenvalue weighted by Gasteiger charge is 2.63. The van der Waals surface area contributed by atoms with E-state index >= 15 is 0 Å². The molecule has 1 aromatic heterocycles. The Morgan fingerprint density at radius 2 is 1.90 bits per heavy atom. The monoisotopic (exact) mass is 750 g/mol.